The van der Waals surface area contributed by atoms with Crippen LogP contribution in [0.4, 0.5) is 0 Å². The predicted molar refractivity (Wildman–Crippen MR) is 355 cm³/mol. The van der Waals surface area contributed by atoms with Gasteiger partial charge in [-0.3, -0.25) is 14.5 Å². The molecule has 3 aliphatic rings. The van der Waals surface area contributed by atoms with Gasteiger partial charge < -0.3 is 63.7 Å². The number of aliphatic hydroxyl groups excluding tert-OH is 1. The zero-order chi connectivity index (χ0) is 63.6. The number of carbonyl (C=O) groups excluding carboxylic acids is 2. The van der Waals surface area contributed by atoms with Gasteiger partial charge in [0.15, 0.2) is 23.0 Å². The Morgan fingerprint density at radius 1 is 0.544 bits per heavy atom. The third-order valence-electron chi connectivity index (χ3n) is 16.7. The number of amides is 2. The quantitative estimate of drug-likeness (QED) is 0.0280. The second-order valence-electron chi connectivity index (χ2n) is 23.5. The predicted octanol–water partition coefficient (Wildman–Crippen LogP) is 11.7. The molecule has 6 aromatic rings. The van der Waals surface area contributed by atoms with Crippen LogP contribution in [0, 0.1) is 11.8 Å². The molecule has 2 amide bonds. The molecule has 0 spiro atoms. The second-order valence-corrected chi connectivity index (χ2v) is 23.5. The van der Waals surface area contributed by atoms with Crippen molar-refractivity contribution in [2.75, 3.05) is 95.2 Å². The smallest absolute Gasteiger partial charge is 0.224 e. The summed E-state index contributed by atoms with van der Waals surface area (Å²) in [5.74, 6) is 4.81. The summed E-state index contributed by atoms with van der Waals surface area (Å²) in [6.45, 7) is 5.20. The number of hydrogen-bond donors (Lipinski definition) is 4. The number of epoxide rings is 1. The molecule has 9 rings (SSSR count). The molecule has 3 unspecified atom stereocenters. The molecular formula is C74H100N4O12. The Balaban J connectivity index is 0.000000216. The van der Waals surface area contributed by atoms with Crippen LogP contribution in [-0.2, 0) is 40.0 Å². The highest BCUT2D eigenvalue weighted by Crippen LogP contribution is 2.42. The SMILES string of the molecule is COc1cc(OCC2CO2)cc(OC)c1OC.COc1cc(OC[C@H](O)CN2CCCC(C(=O)NC(CCCc3ccccc3)CCCc3ccccc3)C2)cc(OC)c1OC.O=C(NC(CCCc1ccccc1)CCCc1ccccc1)C1CCCNC1. The molecule has 3 fully saturated rings. The van der Waals surface area contributed by atoms with Gasteiger partial charge >= 0.3 is 0 Å². The minimum Gasteiger partial charge on any atom is -0.493 e. The van der Waals surface area contributed by atoms with E-state index in [2.05, 4.69) is 130 Å². The topological polar surface area (TPSA) is 180 Å². The van der Waals surface area contributed by atoms with E-state index in [1.165, 1.54) is 22.3 Å². The number of aryl methyl sites for hydroxylation is 4. The van der Waals surface area contributed by atoms with Crippen molar-refractivity contribution in [1.29, 1.82) is 0 Å². The molecule has 4 N–H and O–H groups in total. The number of carbonyl (C=O) groups is 2. The first kappa shape index (κ1) is 70.0. The first-order chi connectivity index (χ1) is 44.1. The van der Waals surface area contributed by atoms with Gasteiger partial charge in [-0.15, -0.1) is 0 Å². The fraction of sp³-hybridized carbons (Fsp3) is 0.486. The van der Waals surface area contributed by atoms with Crippen molar-refractivity contribution < 1.29 is 57.3 Å². The summed E-state index contributed by atoms with van der Waals surface area (Å²) in [7, 11) is 9.37. The molecule has 0 bridgehead atoms. The molecule has 6 aromatic carbocycles. The van der Waals surface area contributed by atoms with Crippen LogP contribution in [0.3, 0.4) is 0 Å². The molecule has 0 aromatic heterocycles. The summed E-state index contributed by atoms with van der Waals surface area (Å²) in [5.41, 5.74) is 5.44. The van der Waals surface area contributed by atoms with Crippen molar-refractivity contribution >= 4 is 11.8 Å². The molecule has 3 aliphatic heterocycles. The van der Waals surface area contributed by atoms with Gasteiger partial charge in [0, 0.05) is 56.0 Å². The summed E-state index contributed by atoms with van der Waals surface area (Å²) < 4.78 is 48.4. The van der Waals surface area contributed by atoms with Crippen molar-refractivity contribution in [3.05, 3.63) is 168 Å². The van der Waals surface area contributed by atoms with Crippen molar-refractivity contribution in [3.63, 3.8) is 0 Å². The molecule has 3 saturated heterocycles. The minimum absolute atomic E-state index is 0.0901. The van der Waals surface area contributed by atoms with Crippen LogP contribution >= 0.6 is 0 Å². The highest BCUT2D eigenvalue weighted by molar-refractivity contribution is 5.79. The van der Waals surface area contributed by atoms with E-state index in [0.717, 1.165) is 129 Å². The van der Waals surface area contributed by atoms with E-state index in [1.54, 1.807) is 66.9 Å². The Labute approximate surface area is 535 Å². The summed E-state index contributed by atoms with van der Waals surface area (Å²) in [6.07, 6.45) is 15.9. The minimum atomic E-state index is -0.713. The number of piperidine rings is 2. The van der Waals surface area contributed by atoms with Crippen LogP contribution in [0.15, 0.2) is 146 Å². The first-order valence-corrected chi connectivity index (χ1v) is 32.4. The number of methoxy groups -OCH3 is 6. The number of rotatable bonds is 34. The Kier molecular flexibility index (Phi) is 30.8. The molecule has 16 nitrogen and oxygen atoms in total. The van der Waals surface area contributed by atoms with E-state index >= 15 is 0 Å². The number of likely N-dealkylation sites (tertiary alicyclic amines) is 1. The maximum absolute atomic E-state index is 13.5. The average Bonchev–Trinajstić information content (AvgIpc) is 2.53. The van der Waals surface area contributed by atoms with Crippen molar-refractivity contribution in [1.82, 2.24) is 20.9 Å². The number of benzene rings is 6. The lowest BCUT2D eigenvalue weighted by atomic mass is 9.94. The Hall–Kier alpha value is -7.50. The summed E-state index contributed by atoms with van der Waals surface area (Å²) >= 11 is 0. The van der Waals surface area contributed by atoms with Crippen LogP contribution in [0.5, 0.6) is 46.0 Å². The van der Waals surface area contributed by atoms with Crippen LogP contribution in [0.2, 0.25) is 0 Å². The fourth-order valence-corrected chi connectivity index (χ4v) is 11.7. The van der Waals surface area contributed by atoms with Gasteiger partial charge in [-0.1, -0.05) is 121 Å². The summed E-state index contributed by atoms with van der Waals surface area (Å²) in [4.78, 5) is 28.4. The van der Waals surface area contributed by atoms with Gasteiger partial charge in [0.1, 0.15) is 36.9 Å². The van der Waals surface area contributed by atoms with Gasteiger partial charge in [0.25, 0.3) is 0 Å². The molecule has 0 aliphatic carbocycles. The normalized spacial score (nSPS) is 16.4. The van der Waals surface area contributed by atoms with Crippen LogP contribution < -0.4 is 53.8 Å². The van der Waals surface area contributed by atoms with E-state index in [9.17, 15) is 14.7 Å². The Bertz CT molecular complexity index is 2810. The maximum Gasteiger partial charge on any atom is 0.224 e. The van der Waals surface area contributed by atoms with E-state index in [1.807, 2.05) is 12.1 Å². The third-order valence-corrected chi connectivity index (χ3v) is 16.7. The zero-order valence-corrected chi connectivity index (χ0v) is 54.2. The molecule has 16 heteroatoms. The van der Waals surface area contributed by atoms with Crippen LogP contribution in [0.1, 0.15) is 99.3 Å². The summed E-state index contributed by atoms with van der Waals surface area (Å²) in [5, 5.41) is 21.0. The number of aliphatic hydroxyl groups is 1. The van der Waals surface area contributed by atoms with Crippen LogP contribution in [-0.4, -0.2) is 141 Å². The molecule has 90 heavy (non-hydrogen) atoms. The van der Waals surface area contributed by atoms with Gasteiger partial charge in [0.05, 0.1) is 61.1 Å². The highest BCUT2D eigenvalue weighted by atomic mass is 16.6. The lowest BCUT2D eigenvalue weighted by Gasteiger charge is -2.34. The van der Waals surface area contributed by atoms with E-state index in [0.29, 0.717) is 65.7 Å². The van der Waals surface area contributed by atoms with Crippen LogP contribution in [0.25, 0.3) is 0 Å². The van der Waals surface area contributed by atoms with Gasteiger partial charge in [-0.2, -0.15) is 0 Å². The van der Waals surface area contributed by atoms with Gasteiger partial charge in [-0.05, 0) is 138 Å². The molecule has 488 valence electrons. The molecule has 4 atom stereocenters. The van der Waals surface area contributed by atoms with Gasteiger partial charge in [-0.25, -0.2) is 0 Å². The number of ether oxygens (including phenoxy) is 9. The Morgan fingerprint density at radius 2 is 0.933 bits per heavy atom. The number of hydrogen-bond acceptors (Lipinski definition) is 14. The lowest BCUT2D eigenvalue weighted by Crippen LogP contribution is -2.48. The Morgan fingerprint density at radius 3 is 1.30 bits per heavy atom. The molecule has 3 heterocycles. The third kappa shape index (κ3) is 24.7. The van der Waals surface area contributed by atoms with Crippen molar-refractivity contribution in [2.45, 2.75) is 127 Å². The summed E-state index contributed by atoms with van der Waals surface area (Å²) in [6, 6.07) is 49.8. The standard InChI is InChI=1S/C37H50N2O6.C25H34N2O.C12H16O5/c1-42-34-23-33(24-35(43-2)36(34)44-3)45-27-32(40)26-39-22-12-19-30(25-39)37(41)38-31(20-10-17-28-13-6-4-7-14-28)21-11-18-29-15-8-5-9-16-29;28-25(23-16-9-19-26-20-23)27-24(17-7-14-21-10-3-1-4-11-21)18-8-15-22-12-5-2-6-13-22;1-13-10-4-8(16-6-9-7-17-9)5-11(14-2)12(10)15-3/h4-9,13-16,23-24,30-32,40H,10-12,17-22,25-27H2,1-3H3,(H,38,41);1-6,10-13,23-24,26H,7-9,14-20H2,(H,27,28);4-5,9H,6-7H2,1-3H3/t30?,32-;;/m1../s1. The molecular weight excluding hydrogens is 1140 g/mol. The zero-order valence-electron chi connectivity index (χ0n) is 54.2. The molecule has 0 saturated carbocycles. The van der Waals surface area contributed by atoms with Crippen molar-refractivity contribution in [2.24, 2.45) is 11.8 Å². The molecule has 0 radical (unpaired) electrons. The number of nitrogens with zero attached hydrogens (tertiary/aromatic N) is 1. The van der Waals surface area contributed by atoms with E-state index in [-0.39, 0.29) is 48.4 Å². The number of nitrogens with one attached hydrogen (secondary N) is 3. The monoisotopic (exact) mass is 1240 g/mol. The van der Waals surface area contributed by atoms with E-state index in [4.69, 9.17) is 42.6 Å². The maximum atomic E-state index is 13.5. The number of β-amino-alcohol motifs (C(OH)–C–C–N with tert-alkyl or cyclic N) is 1. The lowest BCUT2D eigenvalue weighted by molar-refractivity contribution is -0.128. The van der Waals surface area contributed by atoms with Gasteiger partial charge in [0.2, 0.25) is 23.3 Å². The average molecular weight is 1240 g/mol. The van der Waals surface area contributed by atoms with E-state index < -0.39 is 6.10 Å². The first-order valence-electron chi connectivity index (χ1n) is 32.4. The van der Waals surface area contributed by atoms with Crippen molar-refractivity contribution in [3.8, 4) is 46.0 Å². The highest BCUT2D eigenvalue weighted by Gasteiger charge is 2.29. The fourth-order valence-electron chi connectivity index (χ4n) is 11.7. The second kappa shape index (κ2) is 39.6. The largest absolute Gasteiger partial charge is 0.493 e.